The van der Waals surface area contributed by atoms with Crippen molar-refractivity contribution in [3.63, 3.8) is 0 Å². The van der Waals surface area contributed by atoms with E-state index in [0.717, 1.165) is 0 Å². The summed E-state index contributed by atoms with van der Waals surface area (Å²) in [5.41, 5.74) is 1.93. The number of aromatic nitrogens is 3. The van der Waals surface area contributed by atoms with Gasteiger partial charge in [0.2, 0.25) is 5.95 Å². The number of allylic oxidation sites excluding steroid dienone is 5. The number of rotatable bonds is 8. The number of amides is 1. The largest absolute Gasteiger partial charge is 0.453 e. The molecule has 2 unspecified atom stereocenters. The van der Waals surface area contributed by atoms with Crippen molar-refractivity contribution in [1.29, 1.82) is 0 Å². The minimum atomic E-state index is -0.683. The number of methoxy groups -OCH3 is 1. The minimum absolute atomic E-state index is 0.238. The summed E-state index contributed by atoms with van der Waals surface area (Å²) >= 11 is 0. The maximum absolute atomic E-state index is 15.0. The summed E-state index contributed by atoms with van der Waals surface area (Å²) in [6.45, 7) is 5.73. The average Bonchev–Trinajstić information content (AvgIpc) is 2.86. The number of ether oxygens (including phenoxy) is 1. The van der Waals surface area contributed by atoms with E-state index < -0.39 is 29.7 Å². The van der Waals surface area contributed by atoms with Gasteiger partial charge in [-0.15, -0.1) is 0 Å². The predicted octanol–water partition coefficient (Wildman–Crippen LogP) is 6.09. The Hall–Kier alpha value is -4.20. The van der Waals surface area contributed by atoms with Gasteiger partial charge in [0, 0.05) is 36.0 Å². The molecule has 8 heteroatoms. The Labute approximate surface area is 196 Å². The quantitative estimate of drug-likeness (QED) is 0.324. The summed E-state index contributed by atoms with van der Waals surface area (Å²) in [7, 11) is 1.24. The van der Waals surface area contributed by atoms with Crippen LogP contribution in [0.5, 0.6) is 0 Å². The highest BCUT2D eigenvalue weighted by Crippen LogP contribution is 2.43. The van der Waals surface area contributed by atoms with Crippen LogP contribution in [-0.4, -0.2) is 28.2 Å². The lowest BCUT2D eigenvalue weighted by Gasteiger charge is -2.28. The minimum Gasteiger partial charge on any atom is -0.453 e. The van der Waals surface area contributed by atoms with Gasteiger partial charge in [-0.2, -0.15) is 4.39 Å². The second-order valence-corrected chi connectivity index (χ2v) is 7.27. The van der Waals surface area contributed by atoms with Gasteiger partial charge in [0.1, 0.15) is 11.6 Å². The summed E-state index contributed by atoms with van der Waals surface area (Å²) in [6.07, 6.45) is 8.05. The van der Waals surface area contributed by atoms with Crippen molar-refractivity contribution in [3.8, 4) is 0 Å². The molecule has 0 saturated heterocycles. The Kier molecular flexibility index (Phi) is 8.34. The van der Waals surface area contributed by atoms with Crippen molar-refractivity contribution in [3.05, 3.63) is 120 Å². The van der Waals surface area contributed by atoms with Gasteiger partial charge in [0.05, 0.1) is 12.8 Å². The van der Waals surface area contributed by atoms with E-state index in [1.165, 1.54) is 31.5 Å². The first-order chi connectivity index (χ1) is 16.4. The molecular formula is C26H24F2N4O2. The number of anilines is 1. The molecule has 0 fully saturated rings. The van der Waals surface area contributed by atoms with Gasteiger partial charge in [-0.1, -0.05) is 36.9 Å². The maximum Gasteiger partial charge on any atom is 0.412 e. The van der Waals surface area contributed by atoms with Crippen molar-refractivity contribution < 1.29 is 18.3 Å². The Balaban J connectivity index is 2.21. The van der Waals surface area contributed by atoms with Crippen molar-refractivity contribution in [2.45, 2.75) is 18.8 Å². The van der Waals surface area contributed by atoms with Crippen LogP contribution in [0.25, 0.3) is 0 Å². The van der Waals surface area contributed by atoms with Crippen molar-refractivity contribution in [1.82, 2.24) is 15.0 Å². The van der Waals surface area contributed by atoms with E-state index in [2.05, 4.69) is 31.6 Å². The molecule has 0 aliphatic heterocycles. The normalized spacial score (nSPS) is 13.4. The molecular weight excluding hydrogens is 438 g/mol. The predicted molar refractivity (Wildman–Crippen MR) is 126 cm³/mol. The summed E-state index contributed by atoms with van der Waals surface area (Å²) < 4.78 is 33.5. The van der Waals surface area contributed by atoms with Gasteiger partial charge >= 0.3 is 6.09 Å². The standard InChI is InChI=1S/C26H24F2N4O2/c1-4-19(27)13-12-17(2)23(21-10-5-11-22(31-21)32-26(33)34-3)24(18-8-6-14-29-16-18)20-9-7-15-30-25(20)28/h4-16,23-24H,2H2,1,3H3,(H,31,32,33)/b13-12-,19-4+. The highest BCUT2D eigenvalue weighted by Gasteiger charge is 2.32. The second kappa shape index (κ2) is 11.6. The zero-order valence-electron chi connectivity index (χ0n) is 18.8. The van der Waals surface area contributed by atoms with E-state index in [1.54, 1.807) is 55.7 Å². The fraction of sp³-hybridized carbons (Fsp3) is 0.154. The summed E-state index contributed by atoms with van der Waals surface area (Å²) in [4.78, 5) is 24.3. The number of carbonyl (C=O) groups excluding carboxylic acids is 1. The van der Waals surface area contributed by atoms with Crippen LogP contribution in [-0.2, 0) is 4.74 Å². The molecule has 174 valence electrons. The second-order valence-electron chi connectivity index (χ2n) is 7.27. The third-order valence-corrected chi connectivity index (χ3v) is 5.14. The molecule has 3 rings (SSSR count). The van der Waals surface area contributed by atoms with Crippen molar-refractivity contribution in [2.24, 2.45) is 0 Å². The fourth-order valence-electron chi connectivity index (χ4n) is 3.55. The lowest BCUT2D eigenvalue weighted by Crippen LogP contribution is -2.19. The first-order valence-electron chi connectivity index (χ1n) is 10.5. The van der Waals surface area contributed by atoms with Crippen LogP contribution in [0.2, 0.25) is 0 Å². The zero-order valence-corrected chi connectivity index (χ0v) is 18.8. The molecule has 3 aromatic rings. The fourth-order valence-corrected chi connectivity index (χ4v) is 3.55. The first kappa shape index (κ1) is 24.4. The van der Waals surface area contributed by atoms with Crippen LogP contribution < -0.4 is 5.32 Å². The number of pyridine rings is 3. The zero-order chi connectivity index (χ0) is 24.5. The number of hydrogen-bond acceptors (Lipinski definition) is 5. The van der Waals surface area contributed by atoms with Gasteiger partial charge in [-0.25, -0.2) is 19.2 Å². The molecule has 0 bridgehead atoms. The molecule has 34 heavy (non-hydrogen) atoms. The molecule has 0 aromatic carbocycles. The summed E-state index contributed by atoms with van der Waals surface area (Å²) in [5, 5.41) is 2.53. The van der Waals surface area contributed by atoms with Crippen molar-refractivity contribution >= 4 is 11.9 Å². The number of halogens is 2. The van der Waals surface area contributed by atoms with Crippen LogP contribution in [0.3, 0.4) is 0 Å². The molecule has 3 heterocycles. The highest BCUT2D eigenvalue weighted by atomic mass is 19.1. The van der Waals surface area contributed by atoms with Crippen LogP contribution in [0.15, 0.2) is 97.3 Å². The van der Waals surface area contributed by atoms with E-state index in [-0.39, 0.29) is 5.82 Å². The highest BCUT2D eigenvalue weighted by molar-refractivity contribution is 5.83. The molecule has 3 aromatic heterocycles. The lowest BCUT2D eigenvalue weighted by atomic mass is 9.76. The van der Waals surface area contributed by atoms with Gasteiger partial charge in [0.25, 0.3) is 0 Å². The Morgan fingerprint density at radius 3 is 2.62 bits per heavy atom. The average molecular weight is 463 g/mol. The van der Waals surface area contributed by atoms with E-state index in [1.807, 2.05) is 6.07 Å². The first-order valence-corrected chi connectivity index (χ1v) is 10.5. The molecule has 0 radical (unpaired) electrons. The molecule has 0 aliphatic carbocycles. The Bertz CT molecular complexity index is 1210. The van der Waals surface area contributed by atoms with Crippen LogP contribution in [0.1, 0.15) is 35.6 Å². The summed E-state index contributed by atoms with van der Waals surface area (Å²) in [6, 6.07) is 11.9. The van der Waals surface area contributed by atoms with Gasteiger partial charge in [-0.05, 0) is 48.4 Å². The molecule has 6 nitrogen and oxygen atoms in total. The van der Waals surface area contributed by atoms with Crippen LogP contribution >= 0.6 is 0 Å². The topological polar surface area (TPSA) is 77.0 Å². The number of carbonyl (C=O) groups is 1. The molecule has 0 spiro atoms. The monoisotopic (exact) mass is 462 g/mol. The van der Waals surface area contributed by atoms with E-state index in [0.29, 0.717) is 22.4 Å². The van der Waals surface area contributed by atoms with Gasteiger partial charge in [-0.3, -0.25) is 10.3 Å². The van der Waals surface area contributed by atoms with Crippen molar-refractivity contribution in [2.75, 3.05) is 12.4 Å². The van der Waals surface area contributed by atoms with Crippen LogP contribution in [0.4, 0.5) is 19.4 Å². The smallest absolute Gasteiger partial charge is 0.412 e. The van der Waals surface area contributed by atoms with E-state index in [9.17, 15) is 13.6 Å². The van der Waals surface area contributed by atoms with E-state index in [4.69, 9.17) is 0 Å². The van der Waals surface area contributed by atoms with Gasteiger partial charge in [0.15, 0.2) is 0 Å². The molecule has 0 saturated carbocycles. The molecule has 2 atom stereocenters. The lowest BCUT2D eigenvalue weighted by molar-refractivity contribution is 0.187. The van der Waals surface area contributed by atoms with Crippen LogP contribution in [0, 0.1) is 5.95 Å². The third-order valence-electron chi connectivity index (χ3n) is 5.14. The maximum atomic E-state index is 15.0. The summed E-state index contributed by atoms with van der Waals surface area (Å²) in [5.74, 6) is -2.15. The Morgan fingerprint density at radius 2 is 1.94 bits per heavy atom. The third kappa shape index (κ3) is 5.98. The number of hydrogen-bond donors (Lipinski definition) is 1. The number of nitrogens with zero attached hydrogens (tertiary/aromatic N) is 3. The molecule has 1 amide bonds. The SMILES string of the molecule is C=C(/C=C\C(F)=C/C)C(c1cccc(NC(=O)OC)n1)C(c1cccnc1)c1cccnc1F. The molecule has 0 aliphatic rings. The van der Waals surface area contributed by atoms with E-state index >= 15 is 0 Å². The number of nitrogens with one attached hydrogen (secondary N) is 1. The Morgan fingerprint density at radius 1 is 1.15 bits per heavy atom. The van der Waals surface area contributed by atoms with Gasteiger partial charge < -0.3 is 4.74 Å². The molecule has 1 N–H and O–H groups in total.